The molecule has 6 nitrogen and oxygen atoms in total. The molecule has 2 aliphatic heterocycles. The Labute approximate surface area is 251 Å². The summed E-state index contributed by atoms with van der Waals surface area (Å²) in [5, 5.41) is 21.7. The fourth-order valence-electron chi connectivity index (χ4n) is 6.23. The van der Waals surface area contributed by atoms with Crippen molar-refractivity contribution in [1.82, 2.24) is 9.80 Å². The standard InChI is InChI=1S/C37H28N4O2/c38-26-36(32-18-9-7-12-28(32)20-24-40(36)34(42)30-14-3-1-4-15-30)22-11-23-37(27-39)33-19-10-8-13-29(33)21-25-41(37)35(43)31-16-5-2-6-17-31/h1-10,12-21,24-25H,11,22-23H2. The van der Waals surface area contributed by atoms with Crippen LogP contribution < -0.4 is 0 Å². The molecule has 4 aromatic carbocycles. The van der Waals surface area contributed by atoms with Crippen molar-refractivity contribution < 1.29 is 9.59 Å². The second-order valence-corrected chi connectivity index (χ2v) is 10.7. The molecule has 2 amide bonds. The second-order valence-electron chi connectivity index (χ2n) is 10.7. The maximum atomic E-state index is 13.8. The Morgan fingerprint density at radius 2 is 0.930 bits per heavy atom. The monoisotopic (exact) mass is 560 g/mol. The third-order valence-electron chi connectivity index (χ3n) is 8.37. The van der Waals surface area contributed by atoms with Gasteiger partial charge in [0.15, 0.2) is 11.1 Å². The number of nitriles is 2. The predicted molar refractivity (Wildman–Crippen MR) is 165 cm³/mol. The first-order valence-corrected chi connectivity index (χ1v) is 14.2. The average molecular weight is 561 g/mol. The van der Waals surface area contributed by atoms with Gasteiger partial charge in [-0.2, -0.15) is 10.5 Å². The molecule has 4 aromatic rings. The quantitative estimate of drug-likeness (QED) is 0.249. The minimum Gasteiger partial charge on any atom is -0.292 e. The summed E-state index contributed by atoms with van der Waals surface area (Å²) in [5.41, 5.74) is 1.52. The molecule has 6 heteroatoms. The van der Waals surface area contributed by atoms with Gasteiger partial charge in [0.1, 0.15) is 0 Å². The van der Waals surface area contributed by atoms with E-state index in [2.05, 4.69) is 12.1 Å². The van der Waals surface area contributed by atoms with E-state index in [9.17, 15) is 20.1 Å². The fraction of sp³-hybridized carbons (Fsp3) is 0.135. The number of hydrogen-bond donors (Lipinski definition) is 0. The molecule has 2 heterocycles. The Morgan fingerprint density at radius 1 is 0.558 bits per heavy atom. The Bertz CT molecular complexity index is 1700. The lowest BCUT2D eigenvalue weighted by atomic mass is 9.75. The van der Waals surface area contributed by atoms with Crippen LogP contribution in [0.1, 0.15) is 62.2 Å². The van der Waals surface area contributed by atoms with Crippen LogP contribution in [-0.2, 0) is 11.1 Å². The van der Waals surface area contributed by atoms with E-state index in [0.29, 0.717) is 17.5 Å². The third kappa shape index (κ3) is 4.60. The van der Waals surface area contributed by atoms with E-state index >= 15 is 0 Å². The van der Waals surface area contributed by atoms with Gasteiger partial charge in [-0.15, -0.1) is 0 Å². The molecule has 0 aliphatic carbocycles. The molecule has 43 heavy (non-hydrogen) atoms. The highest BCUT2D eigenvalue weighted by Crippen LogP contribution is 2.45. The molecule has 0 aromatic heterocycles. The molecular weight excluding hydrogens is 532 g/mol. The van der Waals surface area contributed by atoms with Gasteiger partial charge in [0.2, 0.25) is 0 Å². The van der Waals surface area contributed by atoms with Crippen molar-refractivity contribution in [3.8, 4) is 12.1 Å². The largest absolute Gasteiger partial charge is 0.292 e. The smallest absolute Gasteiger partial charge is 0.259 e. The number of nitrogens with zero attached hydrogens (tertiary/aromatic N) is 4. The van der Waals surface area contributed by atoms with E-state index in [4.69, 9.17) is 0 Å². The molecule has 6 rings (SSSR count). The first-order valence-electron chi connectivity index (χ1n) is 14.2. The van der Waals surface area contributed by atoms with E-state index < -0.39 is 11.1 Å². The van der Waals surface area contributed by atoms with E-state index in [-0.39, 0.29) is 24.7 Å². The lowest BCUT2D eigenvalue weighted by molar-refractivity contribution is 0.0648. The highest BCUT2D eigenvalue weighted by Gasteiger charge is 2.47. The summed E-state index contributed by atoms with van der Waals surface area (Å²) in [7, 11) is 0. The van der Waals surface area contributed by atoms with Gasteiger partial charge in [-0.1, -0.05) is 84.9 Å². The van der Waals surface area contributed by atoms with Gasteiger partial charge < -0.3 is 0 Å². The zero-order valence-corrected chi connectivity index (χ0v) is 23.4. The van der Waals surface area contributed by atoms with Gasteiger partial charge in [-0.3, -0.25) is 19.4 Å². The maximum Gasteiger partial charge on any atom is 0.259 e. The first kappa shape index (κ1) is 27.4. The lowest BCUT2D eigenvalue weighted by Gasteiger charge is -2.43. The molecule has 2 unspecified atom stereocenters. The van der Waals surface area contributed by atoms with Gasteiger partial charge in [0, 0.05) is 23.5 Å². The van der Waals surface area contributed by atoms with Crippen molar-refractivity contribution in [3.05, 3.63) is 155 Å². The summed E-state index contributed by atoms with van der Waals surface area (Å²) in [4.78, 5) is 30.7. The summed E-state index contributed by atoms with van der Waals surface area (Å²) in [5.74, 6) is -0.565. The average Bonchev–Trinajstić information content (AvgIpc) is 3.08. The molecule has 2 atom stereocenters. The number of rotatable bonds is 6. The number of carbonyl (C=O) groups is 2. The van der Waals surface area contributed by atoms with Crippen LogP contribution in [-0.4, -0.2) is 21.6 Å². The van der Waals surface area contributed by atoms with Gasteiger partial charge >= 0.3 is 0 Å². The molecule has 0 saturated heterocycles. The van der Waals surface area contributed by atoms with Gasteiger partial charge in [0.05, 0.1) is 12.1 Å². The lowest BCUT2D eigenvalue weighted by Crippen LogP contribution is -2.49. The predicted octanol–water partition coefficient (Wildman–Crippen LogP) is 7.25. The van der Waals surface area contributed by atoms with Gasteiger partial charge in [-0.25, -0.2) is 0 Å². The Hall–Kier alpha value is -5.72. The summed E-state index contributed by atoms with van der Waals surface area (Å²) < 4.78 is 0. The fourth-order valence-corrected chi connectivity index (χ4v) is 6.23. The zero-order valence-electron chi connectivity index (χ0n) is 23.4. The van der Waals surface area contributed by atoms with E-state index in [0.717, 1.165) is 22.3 Å². The Morgan fingerprint density at radius 3 is 1.33 bits per heavy atom. The Kier molecular flexibility index (Phi) is 7.20. The summed E-state index contributed by atoms with van der Waals surface area (Å²) in [6.07, 6.45) is 7.96. The normalized spacial score (nSPS) is 20.0. The maximum absolute atomic E-state index is 13.8. The van der Waals surface area contributed by atoms with Crippen molar-refractivity contribution in [2.75, 3.05) is 0 Å². The van der Waals surface area contributed by atoms with E-state index in [1.54, 1.807) is 60.9 Å². The summed E-state index contributed by atoms with van der Waals surface area (Å²) in [6, 6.07) is 38.0. The van der Waals surface area contributed by atoms with Crippen LogP contribution >= 0.6 is 0 Å². The summed E-state index contributed by atoms with van der Waals surface area (Å²) >= 11 is 0. The van der Waals surface area contributed by atoms with Gasteiger partial charge in [-0.05, 0) is 77.9 Å². The molecule has 0 saturated carbocycles. The van der Waals surface area contributed by atoms with E-state index in [1.807, 2.05) is 72.8 Å². The molecule has 0 radical (unpaired) electrons. The molecule has 0 fully saturated rings. The van der Waals surface area contributed by atoms with Gasteiger partial charge in [0.25, 0.3) is 11.8 Å². The molecular formula is C37H28N4O2. The van der Waals surface area contributed by atoms with Crippen molar-refractivity contribution >= 4 is 24.0 Å². The third-order valence-corrected chi connectivity index (χ3v) is 8.37. The SMILES string of the molecule is N#CC1(CCCC2(C#N)c3ccccc3C=CN2C(=O)c2ccccc2)c2ccccc2C=CN1C(=O)c1ccccc1. The number of amides is 2. The van der Waals surface area contributed by atoms with Crippen LogP contribution in [0.4, 0.5) is 0 Å². The Balaban J connectivity index is 1.39. The summed E-state index contributed by atoms with van der Waals surface area (Å²) in [6.45, 7) is 0. The zero-order chi connectivity index (χ0) is 29.9. The minimum absolute atomic E-state index is 0.256. The molecule has 0 N–H and O–H groups in total. The van der Waals surface area contributed by atoms with Crippen LogP contribution in [0.15, 0.2) is 122 Å². The number of hydrogen-bond acceptors (Lipinski definition) is 4. The molecule has 0 spiro atoms. The first-order chi connectivity index (χ1) is 21.0. The van der Waals surface area contributed by atoms with Crippen LogP contribution in [0.2, 0.25) is 0 Å². The van der Waals surface area contributed by atoms with Crippen molar-refractivity contribution in [2.45, 2.75) is 30.3 Å². The van der Waals surface area contributed by atoms with Crippen LogP contribution in [0.5, 0.6) is 0 Å². The number of carbonyl (C=O) groups excluding carboxylic acids is 2. The highest BCUT2D eigenvalue weighted by molar-refractivity contribution is 5.97. The van der Waals surface area contributed by atoms with Crippen LogP contribution in [0.25, 0.3) is 12.2 Å². The second kappa shape index (κ2) is 11.3. The topological polar surface area (TPSA) is 88.2 Å². The molecule has 208 valence electrons. The highest BCUT2D eigenvalue weighted by atomic mass is 16.2. The van der Waals surface area contributed by atoms with Crippen molar-refractivity contribution in [3.63, 3.8) is 0 Å². The molecule has 0 bridgehead atoms. The number of fused-ring (bicyclic) bond motifs is 2. The van der Waals surface area contributed by atoms with Crippen molar-refractivity contribution in [1.29, 1.82) is 10.5 Å². The number of benzene rings is 4. The van der Waals surface area contributed by atoms with Crippen molar-refractivity contribution in [2.24, 2.45) is 0 Å². The minimum atomic E-state index is -1.31. The molecule has 2 aliphatic rings. The van der Waals surface area contributed by atoms with E-state index in [1.165, 1.54) is 9.80 Å². The van der Waals surface area contributed by atoms with Crippen LogP contribution in [0.3, 0.4) is 0 Å². The van der Waals surface area contributed by atoms with Crippen LogP contribution in [0, 0.1) is 22.7 Å².